The van der Waals surface area contributed by atoms with Crippen LogP contribution in [0.3, 0.4) is 0 Å². The monoisotopic (exact) mass is 297 g/mol. The smallest absolute Gasteiger partial charge is 0.315 e. The molecule has 0 aliphatic heterocycles. The van der Waals surface area contributed by atoms with Crippen LogP contribution in [0, 0.1) is 0 Å². The van der Waals surface area contributed by atoms with E-state index in [0.717, 1.165) is 21.3 Å². The first kappa shape index (κ1) is 13.8. The maximum Gasteiger partial charge on any atom is 0.315 e. The van der Waals surface area contributed by atoms with Gasteiger partial charge in [0, 0.05) is 10.9 Å². The van der Waals surface area contributed by atoms with Crippen LogP contribution >= 0.6 is 11.3 Å². The molecule has 0 spiro atoms. The van der Waals surface area contributed by atoms with Crippen LogP contribution in [0.4, 0.5) is 0 Å². The van der Waals surface area contributed by atoms with Crippen molar-refractivity contribution in [3.8, 4) is 10.6 Å². The fraction of sp³-hybridized carbons (Fsp3) is 0.176. The average molecular weight is 297 g/mol. The Bertz CT molecular complexity index is 815. The number of thiazole rings is 1. The van der Waals surface area contributed by atoms with Gasteiger partial charge < -0.3 is 5.11 Å². The summed E-state index contributed by atoms with van der Waals surface area (Å²) in [4.78, 5) is 15.9. The van der Waals surface area contributed by atoms with Gasteiger partial charge in [-0.15, -0.1) is 11.3 Å². The molecule has 3 rings (SSSR count). The highest BCUT2D eigenvalue weighted by Crippen LogP contribution is 2.34. The van der Waals surface area contributed by atoms with E-state index in [1.54, 1.807) is 13.8 Å². The quantitative estimate of drug-likeness (QED) is 0.783. The first-order valence-corrected chi connectivity index (χ1v) is 7.55. The second-order valence-electron chi connectivity index (χ2n) is 5.49. The Kier molecular flexibility index (Phi) is 3.26. The molecule has 3 nitrogen and oxygen atoms in total. The topological polar surface area (TPSA) is 50.2 Å². The largest absolute Gasteiger partial charge is 0.481 e. The lowest BCUT2D eigenvalue weighted by Crippen LogP contribution is -2.28. The number of carboxylic acid groups (broad SMARTS) is 1. The summed E-state index contributed by atoms with van der Waals surface area (Å²) in [5.74, 6) is -0.864. The van der Waals surface area contributed by atoms with E-state index in [9.17, 15) is 9.90 Å². The second-order valence-corrected chi connectivity index (χ2v) is 6.35. The Morgan fingerprint density at radius 1 is 1.14 bits per heavy atom. The highest BCUT2D eigenvalue weighted by atomic mass is 32.1. The molecule has 1 aromatic heterocycles. The summed E-state index contributed by atoms with van der Waals surface area (Å²) in [6.45, 7) is 3.36. The van der Waals surface area contributed by atoms with Crippen LogP contribution in [-0.4, -0.2) is 16.1 Å². The van der Waals surface area contributed by atoms with Gasteiger partial charge in [0.05, 0.1) is 5.69 Å². The molecule has 21 heavy (non-hydrogen) atoms. The first-order chi connectivity index (χ1) is 10.00. The van der Waals surface area contributed by atoms with Gasteiger partial charge in [0.15, 0.2) is 0 Å². The van der Waals surface area contributed by atoms with E-state index in [-0.39, 0.29) is 0 Å². The van der Waals surface area contributed by atoms with Gasteiger partial charge in [-0.2, -0.15) is 0 Å². The molecule has 106 valence electrons. The van der Waals surface area contributed by atoms with Gasteiger partial charge in [0.1, 0.15) is 10.4 Å². The Balaban J connectivity index is 2.13. The zero-order valence-corrected chi connectivity index (χ0v) is 12.6. The molecule has 0 radical (unpaired) electrons. The van der Waals surface area contributed by atoms with Gasteiger partial charge in [0.25, 0.3) is 0 Å². The number of fused-ring (bicyclic) bond motifs is 1. The van der Waals surface area contributed by atoms with Crippen molar-refractivity contribution >= 4 is 28.1 Å². The molecule has 0 unspecified atom stereocenters. The third-order valence-corrected chi connectivity index (χ3v) is 4.57. The van der Waals surface area contributed by atoms with Gasteiger partial charge in [-0.1, -0.05) is 42.5 Å². The average Bonchev–Trinajstić information content (AvgIpc) is 2.97. The lowest BCUT2D eigenvalue weighted by Gasteiger charge is -2.15. The van der Waals surface area contributed by atoms with Crippen LogP contribution in [0.1, 0.15) is 19.5 Å². The molecule has 1 heterocycles. The number of hydrogen-bond donors (Lipinski definition) is 1. The molecule has 0 amide bonds. The second kappa shape index (κ2) is 4.97. The Labute approximate surface area is 126 Å². The molecule has 4 heteroatoms. The Morgan fingerprint density at radius 3 is 2.62 bits per heavy atom. The summed E-state index contributed by atoms with van der Waals surface area (Å²) in [6.07, 6.45) is 0. The molecule has 0 bridgehead atoms. The summed E-state index contributed by atoms with van der Waals surface area (Å²) < 4.78 is 0. The maximum absolute atomic E-state index is 11.3. The van der Waals surface area contributed by atoms with Gasteiger partial charge >= 0.3 is 5.97 Å². The van der Waals surface area contributed by atoms with Crippen molar-refractivity contribution in [3.05, 3.63) is 53.5 Å². The number of carboxylic acids is 1. The van der Waals surface area contributed by atoms with Crippen molar-refractivity contribution in [1.29, 1.82) is 0 Å². The zero-order chi connectivity index (χ0) is 15.0. The van der Waals surface area contributed by atoms with Crippen molar-refractivity contribution in [2.75, 3.05) is 0 Å². The predicted octanol–water partition coefficient (Wildman–Crippen LogP) is 4.33. The van der Waals surface area contributed by atoms with Crippen molar-refractivity contribution in [2.45, 2.75) is 19.3 Å². The fourth-order valence-corrected chi connectivity index (χ4v) is 3.23. The fourth-order valence-electron chi connectivity index (χ4n) is 2.21. The highest BCUT2D eigenvalue weighted by Gasteiger charge is 2.32. The Hall–Kier alpha value is -2.20. The number of aliphatic carboxylic acids is 1. The molecule has 1 N–H and O–H groups in total. The number of carbonyl (C=O) groups is 1. The van der Waals surface area contributed by atoms with Crippen molar-refractivity contribution in [2.24, 2.45) is 0 Å². The zero-order valence-electron chi connectivity index (χ0n) is 11.8. The minimum absolute atomic E-state index is 0.600. The van der Waals surface area contributed by atoms with E-state index in [4.69, 9.17) is 0 Å². The minimum Gasteiger partial charge on any atom is -0.481 e. The molecular formula is C17H15NO2S. The van der Waals surface area contributed by atoms with Crippen LogP contribution in [-0.2, 0) is 10.2 Å². The van der Waals surface area contributed by atoms with E-state index in [2.05, 4.69) is 23.2 Å². The third kappa shape index (κ3) is 2.32. The summed E-state index contributed by atoms with van der Waals surface area (Å²) in [6, 6.07) is 14.2. The summed E-state index contributed by atoms with van der Waals surface area (Å²) in [7, 11) is 0. The normalized spacial score (nSPS) is 11.7. The number of aromatic nitrogens is 1. The van der Waals surface area contributed by atoms with Gasteiger partial charge in [0.2, 0.25) is 0 Å². The molecule has 0 atom stereocenters. The molecular weight excluding hydrogens is 282 g/mol. The van der Waals surface area contributed by atoms with E-state index in [1.807, 2.05) is 29.6 Å². The molecule has 0 saturated carbocycles. The lowest BCUT2D eigenvalue weighted by atomic mass is 9.90. The van der Waals surface area contributed by atoms with Crippen LogP contribution in [0.25, 0.3) is 21.3 Å². The standard InChI is InChI=1S/C17H15NO2S/c1-17(2,16(19)20)14-10-21-15(18-14)13-9-5-7-11-6-3-4-8-12(11)13/h3-10H,1-2H3,(H,19,20). The van der Waals surface area contributed by atoms with Crippen molar-refractivity contribution < 1.29 is 9.90 Å². The van der Waals surface area contributed by atoms with E-state index in [0.29, 0.717) is 5.69 Å². The molecule has 0 fully saturated rings. The number of benzene rings is 2. The van der Waals surface area contributed by atoms with Crippen LogP contribution < -0.4 is 0 Å². The van der Waals surface area contributed by atoms with Crippen LogP contribution in [0.5, 0.6) is 0 Å². The van der Waals surface area contributed by atoms with Crippen LogP contribution in [0.15, 0.2) is 47.8 Å². The molecule has 0 aliphatic rings. The molecule has 3 aromatic rings. The lowest BCUT2D eigenvalue weighted by molar-refractivity contribution is -0.142. The number of hydrogen-bond acceptors (Lipinski definition) is 3. The Morgan fingerprint density at radius 2 is 1.86 bits per heavy atom. The van der Waals surface area contributed by atoms with Crippen molar-refractivity contribution in [3.63, 3.8) is 0 Å². The van der Waals surface area contributed by atoms with Crippen molar-refractivity contribution in [1.82, 2.24) is 4.98 Å². The van der Waals surface area contributed by atoms with E-state index < -0.39 is 11.4 Å². The number of rotatable bonds is 3. The van der Waals surface area contributed by atoms with E-state index in [1.165, 1.54) is 11.3 Å². The SMILES string of the molecule is CC(C)(C(=O)O)c1csc(-c2cccc3ccccc23)n1. The molecule has 2 aromatic carbocycles. The third-order valence-electron chi connectivity index (χ3n) is 3.70. The van der Waals surface area contributed by atoms with Gasteiger partial charge in [-0.3, -0.25) is 4.79 Å². The molecule has 0 aliphatic carbocycles. The molecule has 0 saturated heterocycles. The van der Waals surface area contributed by atoms with Gasteiger partial charge in [-0.05, 0) is 24.6 Å². The predicted molar refractivity (Wildman–Crippen MR) is 85.7 cm³/mol. The van der Waals surface area contributed by atoms with Gasteiger partial charge in [-0.25, -0.2) is 4.98 Å². The van der Waals surface area contributed by atoms with E-state index >= 15 is 0 Å². The van der Waals surface area contributed by atoms with Crippen LogP contribution in [0.2, 0.25) is 0 Å². The first-order valence-electron chi connectivity index (χ1n) is 6.67. The summed E-state index contributed by atoms with van der Waals surface area (Å²) >= 11 is 1.49. The summed E-state index contributed by atoms with van der Waals surface area (Å²) in [5.41, 5.74) is 0.674. The maximum atomic E-state index is 11.3. The highest BCUT2D eigenvalue weighted by molar-refractivity contribution is 7.13. The summed E-state index contributed by atoms with van der Waals surface area (Å²) in [5, 5.41) is 14.3. The minimum atomic E-state index is -0.973. The number of nitrogens with zero attached hydrogens (tertiary/aromatic N) is 1.